The molecule has 0 atom stereocenters. The van der Waals surface area contributed by atoms with Crippen LogP contribution in [-0.2, 0) is 6.42 Å². The second-order valence-electron chi connectivity index (χ2n) is 4.30. The molecule has 0 saturated carbocycles. The first-order chi connectivity index (χ1) is 9.67. The van der Waals surface area contributed by atoms with Gasteiger partial charge in [-0.15, -0.1) is 0 Å². The van der Waals surface area contributed by atoms with E-state index in [2.05, 4.69) is 6.92 Å². The predicted octanol–water partition coefficient (Wildman–Crippen LogP) is 3.50. The lowest BCUT2D eigenvalue weighted by Gasteiger charge is -2.12. The lowest BCUT2D eigenvalue weighted by atomic mass is 10.1. The highest BCUT2D eigenvalue weighted by atomic mass is 16.5. The Morgan fingerprint density at radius 1 is 1.15 bits per heavy atom. The molecular formula is C16H16N2O2. The SMILES string of the molecule is CCc1ccc(Oc2ccc(N)c(C#N)c2)c(OC)c1. The van der Waals surface area contributed by atoms with Gasteiger partial charge < -0.3 is 15.2 Å². The normalized spacial score (nSPS) is 9.85. The zero-order valence-electron chi connectivity index (χ0n) is 11.5. The molecule has 2 rings (SSSR count). The molecule has 0 aromatic heterocycles. The number of anilines is 1. The van der Waals surface area contributed by atoms with Crippen LogP contribution in [0.15, 0.2) is 36.4 Å². The molecule has 0 aliphatic heterocycles. The minimum absolute atomic E-state index is 0.395. The Labute approximate surface area is 118 Å². The van der Waals surface area contributed by atoms with Gasteiger partial charge in [0.2, 0.25) is 0 Å². The molecule has 2 N–H and O–H groups in total. The number of ether oxygens (including phenoxy) is 2. The summed E-state index contributed by atoms with van der Waals surface area (Å²) in [7, 11) is 1.60. The molecule has 0 heterocycles. The number of aryl methyl sites for hydroxylation is 1. The fourth-order valence-electron chi connectivity index (χ4n) is 1.84. The van der Waals surface area contributed by atoms with Crippen LogP contribution < -0.4 is 15.2 Å². The van der Waals surface area contributed by atoms with Crippen LogP contribution in [0.25, 0.3) is 0 Å². The number of nitrogens with zero attached hydrogens (tertiary/aromatic N) is 1. The molecule has 0 radical (unpaired) electrons. The van der Waals surface area contributed by atoms with Gasteiger partial charge in [0.25, 0.3) is 0 Å². The van der Waals surface area contributed by atoms with Crippen molar-refractivity contribution in [3.05, 3.63) is 47.5 Å². The van der Waals surface area contributed by atoms with Crippen LogP contribution in [0.4, 0.5) is 5.69 Å². The maximum atomic E-state index is 8.97. The average Bonchev–Trinajstić information content (AvgIpc) is 2.49. The van der Waals surface area contributed by atoms with Crippen molar-refractivity contribution in [2.24, 2.45) is 0 Å². The Bertz CT molecular complexity index is 660. The van der Waals surface area contributed by atoms with Crippen LogP contribution in [0, 0.1) is 11.3 Å². The van der Waals surface area contributed by atoms with E-state index in [1.165, 1.54) is 5.56 Å². The second-order valence-corrected chi connectivity index (χ2v) is 4.30. The molecule has 0 fully saturated rings. The monoisotopic (exact) mass is 268 g/mol. The standard InChI is InChI=1S/C16H16N2O2/c1-3-11-4-7-15(16(8-11)19-2)20-13-5-6-14(18)12(9-13)10-17/h4-9H,3,18H2,1-2H3. The average molecular weight is 268 g/mol. The molecule has 2 aromatic rings. The lowest BCUT2D eigenvalue weighted by Crippen LogP contribution is -1.94. The van der Waals surface area contributed by atoms with Crippen LogP contribution in [0.1, 0.15) is 18.1 Å². The van der Waals surface area contributed by atoms with E-state index in [4.69, 9.17) is 20.5 Å². The van der Waals surface area contributed by atoms with Crippen LogP contribution >= 0.6 is 0 Å². The number of hydrogen-bond acceptors (Lipinski definition) is 4. The first-order valence-electron chi connectivity index (χ1n) is 6.32. The molecule has 4 heteroatoms. The number of benzene rings is 2. The fourth-order valence-corrected chi connectivity index (χ4v) is 1.84. The van der Waals surface area contributed by atoms with E-state index in [0.29, 0.717) is 28.5 Å². The Morgan fingerprint density at radius 2 is 1.95 bits per heavy atom. The topological polar surface area (TPSA) is 68.3 Å². The fraction of sp³-hybridized carbons (Fsp3) is 0.188. The van der Waals surface area contributed by atoms with Gasteiger partial charge in [-0.05, 0) is 36.2 Å². The molecule has 0 amide bonds. The predicted molar refractivity (Wildman–Crippen MR) is 78.0 cm³/mol. The largest absolute Gasteiger partial charge is 0.493 e. The van der Waals surface area contributed by atoms with Crippen molar-refractivity contribution in [3.8, 4) is 23.3 Å². The summed E-state index contributed by atoms with van der Waals surface area (Å²) in [6.45, 7) is 2.08. The number of methoxy groups -OCH3 is 1. The first-order valence-corrected chi connectivity index (χ1v) is 6.32. The first kappa shape index (κ1) is 13.8. The molecule has 0 bridgehead atoms. The van der Waals surface area contributed by atoms with Gasteiger partial charge in [0.15, 0.2) is 11.5 Å². The van der Waals surface area contributed by atoms with Crippen molar-refractivity contribution in [2.45, 2.75) is 13.3 Å². The summed E-state index contributed by atoms with van der Waals surface area (Å²) in [6, 6.07) is 12.8. The Hall–Kier alpha value is -2.67. The zero-order valence-corrected chi connectivity index (χ0v) is 11.5. The third-order valence-corrected chi connectivity index (χ3v) is 3.01. The van der Waals surface area contributed by atoms with E-state index in [1.807, 2.05) is 24.3 Å². The number of nitriles is 1. The highest BCUT2D eigenvalue weighted by Crippen LogP contribution is 2.33. The molecular weight excluding hydrogens is 252 g/mol. The van der Waals surface area contributed by atoms with Crippen LogP contribution in [-0.4, -0.2) is 7.11 Å². The summed E-state index contributed by atoms with van der Waals surface area (Å²) >= 11 is 0. The molecule has 0 saturated heterocycles. The van der Waals surface area contributed by atoms with E-state index in [0.717, 1.165) is 6.42 Å². The number of rotatable bonds is 4. The van der Waals surface area contributed by atoms with Crippen molar-refractivity contribution >= 4 is 5.69 Å². The third-order valence-electron chi connectivity index (χ3n) is 3.01. The van der Waals surface area contributed by atoms with E-state index in [-0.39, 0.29) is 0 Å². The minimum Gasteiger partial charge on any atom is -0.493 e. The highest BCUT2D eigenvalue weighted by molar-refractivity contribution is 5.57. The smallest absolute Gasteiger partial charge is 0.169 e. The Morgan fingerprint density at radius 3 is 2.60 bits per heavy atom. The van der Waals surface area contributed by atoms with Gasteiger partial charge >= 0.3 is 0 Å². The summed E-state index contributed by atoms with van der Waals surface area (Å²) in [5.74, 6) is 1.83. The Balaban J connectivity index is 2.32. The lowest BCUT2D eigenvalue weighted by molar-refractivity contribution is 0.378. The van der Waals surface area contributed by atoms with Gasteiger partial charge in [-0.25, -0.2) is 0 Å². The summed E-state index contributed by atoms with van der Waals surface area (Å²) in [5.41, 5.74) is 7.69. The van der Waals surface area contributed by atoms with Crippen molar-refractivity contribution in [2.75, 3.05) is 12.8 Å². The summed E-state index contributed by atoms with van der Waals surface area (Å²) < 4.78 is 11.1. The molecule has 0 aliphatic rings. The van der Waals surface area contributed by atoms with E-state index < -0.39 is 0 Å². The molecule has 102 valence electrons. The van der Waals surface area contributed by atoms with Gasteiger partial charge in [-0.1, -0.05) is 13.0 Å². The zero-order chi connectivity index (χ0) is 14.5. The van der Waals surface area contributed by atoms with Gasteiger partial charge in [0.05, 0.1) is 12.7 Å². The number of nitrogen functional groups attached to an aromatic ring is 1. The number of hydrogen-bond donors (Lipinski definition) is 1. The molecule has 0 aliphatic carbocycles. The van der Waals surface area contributed by atoms with Gasteiger partial charge in [-0.2, -0.15) is 5.26 Å². The molecule has 0 unspecified atom stereocenters. The summed E-state index contributed by atoms with van der Waals surface area (Å²) in [5, 5.41) is 8.97. The van der Waals surface area contributed by atoms with Gasteiger partial charge in [0.1, 0.15) is 11.8 Å². The highest BCUT2D eigenvalue weighted by Gasteiger charge is 2.08. The van der Waals surface area contributed by atoms with Gasteiger partial charge in [0, 0.05) is 11.8 Å². The molecule has 0 spiro atoms. The summed E-state index contributed by atoms with van der Waals surface area (Å²) in [4.78, 5) is 0. The molecule has 4 nitrogen and oxygen atoms in total. The minimum atomic E-state index is 0.395. The van der Waals surface area contributed by atoms with E-state index in [1.54, 1.807) is 25.3 Å². The maximum Gasteiger partial charge on any atom is 0.169 e. The van der Waals surface area contributed by atoms with Crippen LogP contribution in [0.3, 0.4) is 0 Å². The van der Waals surface area contributed by atoms with Crippen molar-refractivity contribution in [1.29, 1.82) is 5.26 Å². The van der Waals surface area contributed by atoms with Crippen molar-refractivity contribution in [1.82, 2.24) is 0 Å². The quantitative estimate of drug-likeness (QED) is 0.862. The second kappa shape index (κ2) is 5.98. The molecule has 2 aromatic carbocycles. The van der Waals surface area contributed by atoms with E-state index >= 15 is 0 Å². The van der Waals surface area contributed by atoms with Gasteiger partial charge in [-0.3, -0.25) is 0 Å². The van der Waals surface area contributed by atoms with E-state index in [9.17, 15) is 0 Å². The third kappa shape index (κ3) is 2.83. The van der Waals surface area contributed by atoms with Crippen LogP contribution in [0.5, 0.6) is 17.2 Å². The molecule has 20 heavy (non-hydrogen) atoms. The number of nitrogens with two attached hydrogens (primary N) is 1. The van der Waals surface area contributed by atoms with Crippen molar-refractivity contribution < 1.29 is 9.47 Å². The van der Waals surface area contributed by atoms with Crippen LogP contribution in [0.2, 0.25) is 0 Å². The maximum absolute atomic E-state index is 8.97. The Kier molecular flexibility index (Phi) is 4.11. The van der Waals surface area contributed by atoms with Crippen molar-refractivity contribution in [3.63, 3.8) is 0 Å². The summed E-state index contributed by atoms with van der Waals surface area (Å²) in [6.07, 6.45) is 0.928.